The highest BCUT2D eigenvalue weighted by Crippen LogP contribution is 2.21. The van der Waals surface area contributed by atoms with Crippen molar-refractivity contribution in [1.29, 1.82) is 0 Å². The molecule has 1 saturated carbocycles. The van der Waals surface area contributed by atoms with Gasteiger partial charge in [0.1, 0.15) is 0 Å². The van der Waals surface area contributed by atoms with Crippen molar-refractivity contribution in [2.75, 3.05) is 0 Å². The van der Waals surface area contributed by atoms with Crippen molar-refractivity contribution < 1.29 is 9.90 Å². The van der Waals surface area contributed by atoms with E-state index in [0.29, 0.717) is 5.56 Å². The van der Waals surface area contributed by atoms with Gasteiger partial charge in [-0.05, 0) is 53.4 Å². The number of carbonyl (C=O) groups excluding carboxylic acids is 1. The Labute approximate surface area is 116 Å². The quantitative estimate of drug-likeness (QED) is 0.882. The number of halogens is 1. The molecular weight excluding hydrogens is 294 g/mol. The molecule has 1 aliphatic carbocycles. The highest BCUT2D eigenvalue weighted by molar-refractivity contribution is 9.10. The minimum Gasteiger partial charge on any atom is -0.391 e. The number of rotatable bonds is 2. The summed E-state index contributed by atoms with van der Waals surface area (Å²) in [5.41, 5.74) is 1.73. The maximum absolute atomic E-state index is 12.1. The van der Waals surface area contributed by atoms with Gasteiger partial charge in [0, 0.05) is 4.47 Å². The topological polar surface area (TPSA) is 49.3 Å². The van der Waals surface area contributed by atoms with Crippen LogP contribution in [-0.2, 0) is 0 Å². The number of carbonyl (C=O) groups is 1. The zero-order chi connectivity index (χ0) is 13.1. The lowest BCUT2D eigenvalue weighted by Crippen LogP contribution is -2.45. The van der Waals surface area contributed by atoms with Crippen molar-refractivity contribution in [1.82, 2.24) is 5.32 Å². The number of aliphatic hydroxyl groups is 1. The fraction of sp³-hybridized carbons (Fsp3) is 0.500. The van der Waals surface area contributed by atoms with Crippen LogP contribution in [-0.4, -0.2) is 23.2 Å². The zero-order valence-electron chi connectivity index (χ0n) is 10.4. The predicted octanol–water partition coefficient (Wildman–Crippen LogP) is 2.79. The van der Waals surface area contributed by atoms with Gasteiger partial charge in [-0.15, -0.1) is 0 Å². The van der Waals surface area contributed by atoms with Crippen molar-refractivity contribution in [3.63, 3.8) is 0 Å². The van der Waals surface area contributed by atoms with E-state index in [4.69, 9.17) is 0 Å². The van der Waals surface area contributed by atoms with Crippen LogP contribution in [0, 0.1) is 6.92 Å². The molecule has 1 aliphatic rings. The van der Waals surface area contributed by atoms with Gasteiger partial charge in [-0.3, -0.25) is 4.79 Å². The first-order chi connectivity index (χ1) is 8.58. The highest BCUT2D eigenvalue weighted by Gasteiger charge is 2.25. The van der Waals surface area contributed by atoms with E-state index in [0.717, 1.165) is 35.7 Å². The average Bonchev–Trinajstić information content (AvgIpc) is 2.32. The Morgan fingerprint density at radius 1 is 1.39 bits per heavy atom. The van der Waals surface area contributed by atoms with Crippen molar-refractivity contribution in [2.24, 2.45) is 0 Å². The Kier molecular flexibility index (Phi) is 4.40. The molecule has 1 aromatic rings. The van der Waals surface area contributed by atoms with Gasteiger partial charge in [-0.25, -0.2) is 0 Å². The molecule has 2 atom stereocenters. The summed E-state index contributed by atoms with van der Waals surface area (Å²) in [5, 5.41) is 12.8. The summed E-state index contributed by atoms with van der Waals surface area (Å²) >= 11 is 3.40. The van der Waals surface area contributed by atoms with Crippen molar-refractivity contribution in [2.45, 2.75) is 44.8 Å². The lowest BCUT2D eigenvalue weighted by molar-refractivity contribution is 0.0716. The number of nitrogens with one attached hydrogen (secondary N) is 1. The maximum atomic E-state index is 12.1. The first-order valence-electron chi connectivity index (χ1n) is 6.33. The monoisotopic (exact) mass is 311 g/mol. The summed E-state index contributed by atoms with van der Waals surface area (Å²) in [6.45, 7) is 1.98. The number of hydrogen-bond acceptors (Lipinski definition) is 2. The molecular formula is C14H18BrNO2. The first kappa shape index (κ1) is 13.6. The third kappa shape index (κ3) is 3.12. The smallest absolute Gasteiger partial charge is 0.252 e. The first-order valence-corrected chi connectivity index (χ1v) is 7.12. The highest BCUT2D eigenvalue weighted by atomic mass is 79.9. The summed E-state index contributed by atoms with van der Waals surface area (Å²) in [5.74, 6) is -0.118. The van der Waals surface area contributed by atoms with Gasteiger partial charge >= 0.3 is 0 Å². The van der Waals surface area contributed by atoms with Crippen LogP contribution in [0.4, 0.5) is 0 Å². The molecule has 0 unspecified atom stereocenters. The van der Waals surface area contributed by atoms with Crippen LogP contribution in [0.1, 0.15) is 41.6 Å². The summed E-state index contributed by atoms with van der Waals surface area (Å²) < 4.78 is 0.797. The van der Waals surface area contributed by atoms with Crippen molar-refractivity contribution in [3.8, 4) is 0 Å². The van der Waals surface area contributed by atoms with E-state index in [1.165, 1.54) is 0 Å². The predicted molar refractivity (Wildman–Crippen MR) is 74.6 cm³/mol. The number of amides is 1. The Bertz CT molecular complexity index is 447. The van der Waals surface area contributed by atoms with Gasteiger partial charge in [0.25, 0.3) is 5.91 Å². The number of aryl methyl sites for hydroxylation is 1. The van der Waals surface area contributed by atoms with Crippen molar-refractivity contribution >= 4 is 21.8 Å². The molecule has 0 spiro atoms. The molecule has 3 nitrogen and oxygen atoms in total. The number of aliphatic hydroxyl groups excluding tert-OH is 1. The molecule has 0 aromatic heterocycles. The Morgan fingerprint density at radius 3 is 2.78 bits per heavy atom. The van der Waals surface area contributed by atoms with Gasteiger partial charge in [0.2, 0.25) is 0 Å². The molecule has 4 heteroatoms. The van der Waals surface area contributed by atoms with E-state index in [-0.39, 0.29) is 11.9 Å². The average molecular weight is 312 g/mol. The minimum absolute atomic E-state index is 0.112. The van der Waals surface area contributed by atoms with Crippen LogP contribution in [0.25, 0.3) is 0 Å². The van der Waals surface area contributed by atoms with Gasteiger partial charge in [0.15, 0.2) is 0 Å². The van der Waals surface area contributed by atoms with E-state index in [2.05, 4.69) is 21.2 Å². The molecule has 1 fully saturated rings. The van der Waals surface area contributed by atoms with Crippen LogP contribution in [0.5, 0.6) is 0 Å². The molecule has 98 valence electrons. The molecule has 0 radical (unpaired) electrons. The van der Waals surface area contributed by atoms with E-state index in [9.17, 15) is 9.90 Å². The SMILES string of the molecule is Cc1ccc(C(=O)N[C@@H]2CCCC[C@H]2O)c(Br)c1. The van der Waals surface area contributed by atoms with Crippen LogP contribution in [0.3, 0.4) is 0 Å². The van der Waals surface area contributed by atoms with Crippen LogP contribution >= 0.6 is 15.9 Å². The van der Waals surface area contributed by atoms with E-state index >= 15 is 0 Å². The standard InChI is InChI=1S/C14H18BrNO2/c1-9-6-7-10(11(15)8-9)14(18)16-12-4-2-3-5-13(12)17/h6-8,12-13,17H,2-5H2,1H3,(H,16,18)/t12-,13-/m1/s1. The third-order valence-electron chi connectivity index (χ3n) is 3.42. The number of benzene rings is 1. The van der Waals surface area contributed by atoms with Gasteiger partial charge < -0.3 is 10.4 Å². The Hall–Kier alpha value is -0.870. The normalized spacial score (nSPS) is 23.7. The fourth-order valence-corrected chi connectivity index (χ4v) is 3.00. The molecule has 18 heavy (non-hydrogen) atoms. The van der Waals surface area contributed by atoms with E-state index < -0.39 is 6.10 Å². The summed E-state index contributed by atoms with van der Waals surface area (Å²) in [7, 11) is 0. The Morgan fingerprint density at radius 2 is 2.11 bits per heavy atom. The van der Waals surface area contributed by atoms with Crippen molar-refractivity contribution in [3.05, 3.63) is 33.8 Å². The number of hydrogen-bond donors (Lipinski definition) is 2. The lowest BCUT2D eigenvalue weighted by Gasteiger charge is -2.28. The maximum Gasteiger partial charge on any atom is 0.252 e. The van der Waals surface area contributed by atoms with Crippen LogP contribution in [0.15, 0.2) is 22.7 Å². The van der Waals surface area contributed by atoms with E-state index in [1.54, 1.807) is 0 Å². The van der Waals surface area contributed by atoms with Gasteiger partial charge in [0.05, 0.1) is 17.7 Å². The van der Waals surface area contributed by atoms with Crippen LogP contribution in [0.2, 0.25) is 0 Å². The second kappa shape index (κ2) is 5.85. The Balaban J connectivity index is 2.07. The van der Waals surface area contributed by atoms with E-state index in [1.807, 2.05) is 25.1 Å². The van der Waals surface area contributed by atoms with Crippen LogP contribution < -0.4 is 5.32 Å². The third-order valence-corrected chi connectivity index (χ3v) is 4.07. The summed E-state index contributed by atoms with van der Waals surface area (Å²) in [6, 6.07) is 5.53. The molecule has 1 amide bonds. The second-order valence-corrected chi connectivity index (χ2v) is 5.77. The minimum atomic E-state index is -0.410. The van der Waals surface area contributed by atoms with Gasteiger partial charge in [-0.2, -0.15) is 0 Å². The molecule has 0 saturated heterocycles. The summed E-state index contributed by atoms with van der Waals surface area (Å²) in [6.07, 6.45) is 3.34. The molecule has 0 aliphatic heterocycles. The largest absolute Gasteiger partial charge is 0.391 e. The second-order valence-electron chi connectivity index (χ2n) is 4.92. The fourth-order valence-electron chi connectivity index (χ4n) is 2.33. The summed E-state index contributed by atoms with van der Waals surface area (Å²) in [4.78, 5) is 12.1. The zero-order valence-corrected chi connectivity index (χ0v) is 12.0. The van der Waals surface area contributed by atoms with Gasteiger partial charge in [-0.1, -0.05) is 18.9 Å². The molecule has 0 bridgehead atoms. The lowest BCUT2D eigenvalue weighted by atomic mass is 9.92. The molecule has 2 N–H and O–H groups in total. The molecule has 1 aromatic carbocycles. The molecule has 0 heterocycles. The molecule has 2 rings (SSSR count).